The molecule has 5 nitrogen and oxygen atoms in total. The van der Waals surface area contributed by atoms with Crippen molar-refractivity contribution < 1.29 is 14.0 Å². The number of hydrogen-bond acceptors (Lipinski definition) is 3. The molecule has 0 bridgehead atoms. The van der Waals surface area contributed by atoms with Crippen LogP contribution in [0.2, 0.25) is 0 Å². The molecule has 0 aliphatic carbocycles. The summed E-state index contributed by atoms with van der Waals surface area (Å²) >= 11 is 0. The lowest BCUT2D eigenvalue weighted by Crippen LogP contribution is -2.33. The lowest BCUT2D eigenvalue weighted by Gasteiger charge is -2.12. The molecule has 0 aliphatic heterocycles. The first-order chi connectivity index (χ1) is 12.0. The summed E-state index contributed by atoms with van der Waals surface area (Å²) in [6, 6.07) is 12.6. The van der Waals surface area contributed by atoms with E-state index in [1.54, 1.807) is 31.3 Å². The molecule has 2 aromatic carbocycles. The van der Waals surface area contributed by atoms with Gasteiger partial charge in [0.2, 0.25) is 5.91 Å². The van der Waals surface area contributed by atoms with E-state index in [2.05, 4.69) is 16.0 Å². The molecule has 1 atom stereocenters. The topological polar surface area (TPSA) is 70.2 Å². The zero-order chi connectivity index (χ0) is 18.2. The normalized spacial score (nSPS) is 11.2. The van der Waals surface area contributed by atoms with Gasteiger partial charge in [0, 0.05) is 30.3 Å². The Balaban J connectivity index is 0.00000338. The highest BCUT2D eigenvalue weighted by molar-refractivity contribution is 6.04. The van der Waals surface area contributed by atoms with E-state index in [-0.39, 0.29) is 36.0 Å². The Morgan fingerprint density at radius 2 is 1.65 bits per heavy atom. The number of nitrogens with one attached hydrogen (secondary N) is 3. The van der Waals surface area contributed by atoms with Gasteiger partial charge in [-0.15, -0.1) is 12.4 Å². The molecule has 3 N–H and O–H groups in total. The fraction of sp³-hybridized carbons (Fsp3) is 0.263. The molecule has 0 aromatic heterocycles. The minimum atomic E-state index is -0.353. The number of carbonyl (C=O) groups is 2. The smallest absolute Gasteiger partial charge is 0.255 e. The first kappa shape index (κ1) is 21.6. The molecule has 0 spiro atoms. The number of anilines is 1. The Morgan fingerprint density at radius 3 is 2.23 bits per heavy atom. The molecule has 2 rings (SSSR count). The fourth-order valence-corrected chi connectivity index (χ4v) is 2.27. The summed E-state index contributed by atoms with van der Waals surface area (Å²) in [6.07, 6.45) is 0. The zero-order valence-corrected chi connectivity index (χ0v) is 15.5. The van der Waals surface area contributed by atoms with E-state index in [9.17, 15) is 14.0 Å². The summed E-state index contributed by atoms with van der Waals surface area (Å²) in [5.74, 6) is -0.753. The standard InChI is InChI=1S/C19H22FN3O2.ClH/c1-13(11-21-2)18(24)22-12-14-3-5-15(6-4-14)19(25)23-17-9-7-16(20)8-10-17;/h3-10,13,21H,11-12H2,1-2H3,(H,22,24)(H,23,25);1H. The van der Waals surface area contributed by atoms with Crippen molar-refractivity contribution in [3.8, 4) is 0 Å². The van der Waals surface area contributed by atoms with Gasteiger partial charge in [-0.1, -0.05) is 19.1 Å². The minimum absolute atomic E-state index is 0. The van der Waals surface area contributed by atoms with Crippen molar-refractivity contribution in [3.05, 3.63) is 65.5 Å². The van der Waals surface area contributed by atoms with Gasteiger partial charge in [-0.25, -0.2) is 4.39 Å². The lowest BCUT2D eigenvalue weighted by atomic mass is 10.1. The summed E-state index contributed by atoms with van der Waals surface area (Å²) in [6.45, 7) is 2.88. The van der Waals surface area contributed by atoms with Crippen molar-refractivity contribution in [3.63, 3.8) is 0 Å². The van der Waals surface area contributed by atoms with Crippen molar-refractivity contribution in [2.45, 2.75) is 13.5 Å². The molecule has 2 amide bonds. The van der Waals surface area contributed by atoms with Crippen LogP contribution in [0.25, 0.3) is 0 Å². The maximum atomic E-state index is 12.9. The first-order valence-electron chi connectivity index (χ1n) is 8.07. The van der Waals surface area contributed by atoms with Gasteiger partial charge in [0.25, 0.3) is 5.91 Å². The van der Waals surface area contributed by atoms with Crippen LogP contribution in [-0.2, 0) is 11.3 Å². The highest BCUT2D eigenvalue weighted by atomic mass is 35.5. The predicted octanol–water partition coefficient (Wildman–Crippen LogP) is 2.97. The van der Waals surface area contributed by atoms with Crippen LogP contribution >= 0.6 is 12.4 Å². The molecule has 0 heterocycles. The molecule has 0 saturated heterocycles. The molecule has 7 heteroatoms. The van der Waals surface area contributed by atoms with E-state index < -0.39 is 0 Å². The van der Waals surface area contributed by atoms with Crippen molar-refractivity contribution in [2.24, 2.45) is 5.92 Å². The maximum absolute atomic E-state index is 12.9. The van der Waals surface area contributed by atoms with Crippen molar-refractivity contribution in [1.29, 1.82) is 0 Å². The van der Waals surface area contributed by atoms with E-state index in [0.717, 1.165) is 5.56 Å². The van der Waals surface area contributed by atoms with E-state index in [1.807, 2.05) is 6.92 Å². The minimum Gasteiger partial charge on any atom is -0.352 e. The largest absolute Gasteiger partial charge is 0.352 e. The van der Waals surface area contributed by atoms with Crippen LogP contribution in [0.5, 0.6) is 0 Å². The molecule has 0 saturated carbocycles. The van der Waals surface area contributed by atoms with Gasteiger partial charge < -0.3 is 16.0 Å². The summed E-state index contributed by atoms with van der Waals surface area (Å²) in [5.41, 5.74) is 1.92. The molecule has 1 unspecified atom stereocenters. The number of hydrogen-bond donors (Lipinski definition) is 3. The second kappa shape index (κ2) is 10.5. The third kappa shape index (κ3) is 6.46. The summed E-state index contributed by atoms with van der Waals surface area (Å²) < 4.78 is 12.9. The molecule has 0 fully saturated rings. The van der Waals surface area contributed by atoms with Crippen LogP contribution in [-0.4, -0.2) is 25.4 Å². The Labute approximate surface area is 158 Å². The van der Waals surface area contributed by atoms with Gasteiger partial charge in [0.1, 0.15) is 5.82 Å². The molecular weight excluding hydrogens is 357 g/mol. The number of halogens is 2. The maximum Gasteiger partial charge on any atom is 0.255 e. The molecular formula is C19H23ClFN3O2. The predicted molar refractivity (Wildman–Crippen MR) is 103 cm³/mol. The number of rotatable bonds is 7. The average Bonchev–Trinajstić information content (AvgIpc) is 2.62. The van der Waals surface area contributed by atoms with Crippen LogP contribution in [0.15, 0.2) is 48.5 Å². The monoisotopic (exact) mass is 379 g/mol. The lowest BCUT2D eigenvalue weighted by molar-refractivity contribution is -0.124. The zero-order valence-electron chi connectivity index (χ0n) is 14.7. The highest BCUT2D eigenvalue weighted by Gasteiger charge is 2.11. The molecule has 2 aromatic rings. The average molecular weight is 380 g/mol. The molecule has 0 aliphatic rings. The Bertz CT molecular complexity index is 721. The number of amides is 2. The Hall–Kier alpha value is -2.44. The van der Waals surface area contributed by atoms with Gasteiger partial charge in [-0.05, 0) is 49.0 Å². The Morgan fingerprint density at radius 1 is 1.04 bits per heavy atom. The molecule has 0 radical (unpaired) electrons. The van der Waals surface area contributed by atoms with Gasteiger partial charge in [-0.3, -0.25) is 9.59 Å². The summed E-state index contributed by atoms with van der Waals surface area (Å²) in [7, 11) is 1.81. The van der Waals surface area contributed by atoms with Crippen LogP contribution in [0.3, 0.4) is 0 Å². The van der Waals surface area contributed by atoms with Crippen LogP contribution in [0, 0.1) is 11.7 Å². The molecule has 26 heavy (non-hydrogen) atoms. The third-order valence-electron chi connectivity index (χ3n) is 3.74. The van der Waals surface area contributed by atoms with E-state index in [0.29, 0.717) is 24.3 Å². The van der Waals surface area contributed by atoms with Gasteiger partial charge in [-0.2, -0.15) is 0 Å². The van der Waals surface area contributed by atoms with Crippen LogP contribution < -0.4 is 16.0 Å². The Kier molecular flexibility index (Phi) is 8.75. The molecule has 140 valence electrons. The van der Waals surface area contributed by atoms with Crippen molar-refractivity contribution in [2.75, 3.05) is 18.9 Å². The van der Waals surface area contributed by atoms with Crippen molar-refractivity contribution in [1.82, 2.24) is 10.6 Å². The number of carbonyl (C=O) groups excluding carboxylic acids is 2. The SMILES string of the molecule is CNCC(C)C(=O)NCc1ccc(C(=O)Nc2ccc(F)cc2)cc1.Cl. The van der Waals surface area contributed by atoms with E-state index in [4.69, 9.17) is 0 Å². The fourth-order valence-electron chi connectivity index (χ4n) is 2.27. The summed E-state index contributed by atoms with van der Waals surface area (Å²) in [4.78, 5) is 24.0. The third-order valence-corrected chi connectivity index (χ3v) is 3.74. The second-order valence-corrected chi connectivity index (χ2v) is 5.83. The van der Waals surface area contributed by atoms with Gasteiger partial charge in [0.05, 0.1) is 0 Å². The van der Waals surface area contributed by atoms with Gasteiger partial charge in [0.15, 0.2) is 0 Å². The van der Waals surface area contributed by atoms with Crippen LogP contribution in [0.1, 0.15) is 22.8 Å². The quantitative estimate of drug-likeness (QED) is 0.692. The van der Waals surface area contributed by atoms with Crippen molar-refractivity contribution >= 4 is 29.9 Å². The van der Waals surface area contributed by atoms with Crippen LogP contribution in [0.4, 0.5) is 10.1 Å². The second-order valence-electron chi connectivity index (χ2n) is 5.83. The highest BCUT2D eigenvalue weighted by Crippen LogP contribution is 2.11. The van der Waals surface area contributed by atoms with E-state index in [1.165, 1.54) is 24.3 Å². The number of benzene rings is 2. The van der Waals surface area contributed by atoms with Gasteiger partial charge >= 0.3 is 0 Å². The summed E-state index contributed by atoms with van der Waals surface area (Å²) in [5, 5.41) is 8.53. The first-order valence-corrected chi connectivity index (χ1v) is 8.07. The van der Waals surface area contributed by atoms with E-state index >= 15 is 0 Å².